The average Bonchev–Trinajstić information content (AvgIpc) is 3.14. The lowest BCUT2D eigenvalue weighted by atomic mass is 10.3. The lowest BCUT2D eigenvalue weighted by Crippen LogP contribution is -2.50. The predicted molar refractivity (Wildman–Crippen MR) is 71.3 cm³/mol. The predicted octanol–water partition coefficient (Wildman–Crippen LogP) is -0.736. The molecule has 106 valence electrons. The molecule has 1 amide bonds. The van der Waals surface area contributed by atoms with Gasteiger partial charge in [-0.25, -0.2) is 8.42 Å². The van der Waals surface area contributed by atoms with Crippen LogP contribution in [0.2, 0.25) is 0 Å². The van der Waals surface area contributed by atoms with Gasteiger partial charge in [-0.2, -0.15) is 4.31 Å². The second-order valence-electron chi connectivity index (χ2n) is 4.63. The van der Waals surface area contributed by atoms with Gasteiger partial charge in [-0.15, -0.1) is 12.4 Å². The van der Waals surface area contributed by atoms with Crippen LogP contribution in [0.5, 0.6) is 0 Å². The molecule has 1 saturated carbocycles. The maximum Gasteiger partial charge on any atom is 0.237 e. The quantitative estimate of drug-likeness (QED) is 0.742. The fraction of sp³-hybridized carbons (Fsp3) is 0.900. The molecule has 8 heteroatoms. The zero-order valence-corrected chi connectivity index (χ0v) is 12.1. The first-order chi connectivity index (χ1) is 8.01. The molecule has 18 heavy (non-hydrogen) atoms. The van der Waals surface area contributed by atoms with Crippen molar-refractivity contribution in [2.75, 3.05) is 39.8 Å². The van der Waals surface area contributed by atoms with Crippen molar-refractivity contribution in [1.82, 2.24) is 14.5 Å². The van der Waals surface area contributed by atoms with Crippen molar-refractivity contribution in [2.45, 2.75) is 18.1 Å². The highest BCUT2D eigenvalue weighted by atomic mass is 35.5. The number of nitrogens with one attached hydrogen (secondary N) is 1. The Bertz CT molecular complexity index is 391. The van der Waals surface area contributed by atoms with Crippen LogP contribution in [0.25, 0.3) is 0 Å². The molecule has 2 aliphatic rings. The van der Waals surface area contributed by atoms with Gasteiger partial charge in [0.2, 0.25) is 15.9 Å². The maximum atomic E-state index is 11.9. The summed E-state index contributed by atoms with van der Waals surface area (Å²) in [6, 6.07) is 0. The molecule has 6 nitrogen and oxygen atoms in total. The first-order valence-electron chi connectivity index (χ1n) is 5.95. The van der Waals surface area contributed by atoms with E-state index in [2.05, 4.69) is 5.32 Å². The fourth-order valence-corrected chi connectivity index (χ4v) is 3.45. The third-order valence-electron chi connectivity index (χ3n) is 3.21. The molecule has 2 fully saturated rings. The molecule has 0 atom stereocenters. The smallest absolute Gasteiger partial charge is 0.237 e. The minimum absolute atomic E-state index is 0. The molecule has 1 N–H and O–H groups in total. The van der Waals surface area contributed by atoms with Gasteiger partial charge in [0, 0.05) is 33.2 Å². The highest BCUT2D eigenvalue weighted by Crippen LogP contribution is 2.30. The van der Waals surface area contributed by atoms with E-state index >= 15 is 0 Å². The number of sulfonamides is 1. The normalized spacial score (nSPS) is 20.7. The van der Waals surface area contributed by atoms with Crippen LogP contribution in [0.1, 0.15) is 12.8 Å². The number of rotatable bonds is 4. The van der Waals surface area contributed by atoms with Gasteiger partial charge >= 0.3 is 0 Å². The summed E-state index contributed by atoms with van der Waals surface area (Å²) >= 11 is 0. The molecule has 1 saturated heterocycles. The summed E-state index contributed by atoms with van der Waals surface area (Å²) < 4.78 is 24.9. The van der Waals surface area contributed by atoms with E-state index in [4.69, 9.17) is 0 Å². The zero-order valence-electron chi connectivity index (χ0n) is 10.5. The molecule has 0 aromatic heterocycles. The monoisotopic (exact) mass is 297 g/mol. The number of hydrogen-bond acceptors (Lipinski definition) is 4. The molecule has 0 radical (unpaired) electrons. The van der Waals surface area contributed by atoms with Crippen molar-refractivity contribution < 1.29 is 13.2 Å². The molecule has 1 aliphatic heterocycles. The van der Waals surface area contributed by atoms with E-state index in [0.29, 0.717) is 13.1 Å². The zero-order chi connectivity index (χ0) is 12.5. The summed E-state index contributed by atoms with van der Waals surface area (Å²) in [7, 11) is -1.74. The molecular weight excluding hydrogens is 278 g/mol. The van der Waals surface area contributed by atoms with Crippen LogP contribution in [-0.4, -0.2) is 68.6 Å². The van der Waals surface area contributed by atoms with Crippen molar-refractivity contribution in [3.05, 3.63) is 0 Å². The minimum Gasteiger partial charge on any atom is -0.339 e. The summed E-state index contributed by atoms with van der Waals surface area (Å²) in [4.78, 5) is 13.6. The summed E-state index contributed by atoms with van der Waals surface area (Å²) in [5, 5.41) is 2.91. The second-order valence-corrected chi connectivity index (χ2v) is 6.95. The first kappa shape index (κ1) is 15.7. The Morgan fingerprint density at radius 1 is 1.33 bits per heavy atom. The van der Waals surface area contributed by atoms with E-state index in [1.165, 1.54) is 11.4 Å². The van der Waals surface area contributed by atoms with Gasteiger partial charge in [0.1, 0.15) is 0 Å². The van der Waals surface area contributed by atoms with E-state index in [0.717, 1.165) is 25.9 Å². The molecule has 0 spiro atoms. The summed E-state index contributed by atoms with van der Waals surface area (Å²) in [5.74, 6) is -0.0989. The van der Waals surface area contributed by atoms with Gasteiger partial charge in [-0.05, 0) is 12.8 Å². The lowest BCUT2D eigenvalue weighted by Gasteiger charge is -2.29. The van der Waals surface area contributed by atoms with Gasteiger partial charge in [-0.1, -0.05) is 0 Å². The van der Waals surface area contributed by atoms with Crippen LogP contribution in [0, 0.1) is 0 Å². The van der Waals surface area contributed by atoms with Crippen molar-refractivity contribution in [3.63, 3.8) is 0 Å². The van der Waals surface area contributed by atoms with E-state index < -0.39 is 10.0 Å². The van der Waals surface area contributed by atoms with Crippen molar-refractivity contribution in [2.24, 2.45) is 0 Å². The van der Waals surface area contributed by atoms with Gasteiger partial charge in [-0.3, -0.25) is 4.79 Å². The molecular formula is C10H20ClN3O3S. The van der Waals surface area contributed by atoms with Crippen LogP contribution < -0.4 is 5.32 Å². The van der Waals surface area contributed by atoms with Crippen molar-refractivity contribution in [1.29, 1.82) is 0 Å². The number of carbonyl (C=O) groups is 1. The molecule has 0 aromatic rings. The van der Waals surface area contributed by atoms with Gasteiger partial charge in [0.25, 0.3) is 0 Å². The number of likely N-dealkylation sites (N-methyl/N-ethyl adjacent to an activating group) is 1. The van der Waals surface area contributed by atoms with Crippen molar-refractivity contribution >= 4 is 28.3 Å². The molecule has 0 unspecified atom stereocenters. The van der Waals surface area contributed by atoms with Crippen LogP contribution >= 0.6 is 12.4 Å². The topological polar surface area (TPSA) is 69.7 Å². The molecule has 1 aliphatic carbocycles. The highest BCUT2D eigenvalue weighted by molar-refractivity contribution is 7.90. The van der Waals surface area contributed by atoms with Gasteiger partial charge in [0.05, 0.1) is 11.8 Å². The van der Waals surface area contributed by atoms with E-state index in [1.54, 1.807) is 4.90 Å². The summed E-state index contributed by atoms with van der Waals surface area (Å²) in [6.45, 7) is 2.86. The lowest BCUT2D eigenvalue weighted by molar-refractivity contribution is -0.131. The standard InChI is InChI=1S/C10H19N3O3S.ClH/c1-12(17(15,16)9-2-3-9)8-10(14)13-6-4-11-5-7-13;/h9,11H,2-8H2,1H3;1H. The third-order valence-corrected chi connectivity index (χ3v) is 5.52. The Morgan fingerprint density at radius 2 is 1.89 bits per heavy atom. The minimum atomic E-state index is -3.23. The maximum absolute atomic E-state index is 11.9. The Morgan fingerprint density at radius 3 is 2.39 bits per heavy atom. The molecule has 2 rings (SSSR count). The SMILES string of the molecule is CN(CC(=O)N1CCNCC1)S(=O)(=O)C1CC1.Cl. The largest absolute Gasteiger partial charge is 0.339 e. The van der Waals surface area contributed by atoms with E-state index in [-0.39, 0.29) is 30.1 Å². The molecule has 0 aromatic carbocycles. The van der Waals surface area contributed by atoms with Gasteiger partial charge in [0.15, 0.2) is 0 Å². The average molecular weight is 298 g/mol. The molecule has 1 heterocycles. The number of carbonyl (C=O) groups excluding carboxylic acids is 1. The number of piperazine rings is 1. The van der Waals surface area contributed by atoms with Crippen LogP contribution in [-0.2, 0) is 14.8 Å². The fourth-order valence-electron chi connectivity index (χ4n) is 1.92. The number of halogens is 1. The first-order valence-corrected chi connectivity index (χ1v) is 7.46. The summed E-state index contributed by atoms with van der Waals surface area (Å²) in [6.07, 6.45) is 1.46. The number of amides is 1. The van der Waals surface area contributed by atoms with Crippen LogP contribution in [0.3, 0.4) is 0 Å². The Labute approximate surface area is 114 Å². The molecule has 0 bridgehead atoms. The third kappa shape index (κ3) is 3.57. The number of hydrogen-bond donors (Lipinski definition) is 1. The number of nitrogens with zero attached hydrogens (tertiary/aromatic N) is 2. The Kier molecular flexibility index (Phi) is 5.39. The van der Waals surface area contributed by atoms with Gasteiger partial charge < -0.3 is 10.2 Å². The second kappa shape index (κ2) is 6.18. The van der Waals surface area contributed by atoms with E-state index in [1.807, 2.05) is 0 Å². The van der Waals surface area contributed by atoms with Crippen molar-refractivity contribution in [3.8, 4) is 0 Å². The summed E-state index contributed by atoms with van der Waals surface area (Å²) in [5.41, 5.74) is 0. The highest BCUT2D eigenvalue weighted by Gasteiger charge is 2.39. The van der Waals surface area contributed by atoms with Crippen LogP contribution in [0.4, 0.5) is 0 Å². The van der Waals surface area contributed by atoms with E-state index in [9.17, 15) is 13.2 Å². The van der Waals surface area contributed by atoms with Crippen LogP contribution in [0.15, 0.2) is 0 Å². The Balaban J connectivity index is 0.00000162. The Hall–Kier alpha value is -0.370.